The number of benzene rings is 2. The summed E-state index contributed by atoms with van der Waals surface area (Å²) in [5.41, 5.74) is 5.88. The molecule has 3 aromatic rings. The van der Waals surface area contributed by atoms with Crippen molar-refractivity contribution in [3.8, 4) is 0 Å². The van der Waals surface area contributed by atoms with Crippen LogP contribution < -0.4 is 5.43 Å². The first-order chi connectivity index (χ1) is 11.5. The van der Waals surface area contributed by atoms with E-state index in [1.807, 2.05) is 6.07 Å². The lowest BCUT2D eigenvalue weighted by Gasteiger charge is -2.07. The summed E-state index contributed by atoms with van der Waals surface area (Å²) in [6.07, 6.45) is 1.67. The van der Waals surface area contributed by atoms with E-state index in [0.29, 0.717) is 16.3 Å². The Morgan fingerprint density at radius 1 is 1.25 bits per heavy atom. The van der Waals surface area contributed by atoms with E-state index in [0.717, 1.165) is 16.6 Å². The van der Waals surface area contributed by atoms with Gasteiger partial charge < -0.3 is 0 Å². The average Bonchev–Trinajstić information content (AvgIpc) is 2.59. The highest BCUT2D eigenvalue weighted by Crippen LogP contribution is 2.24. The molecule has 0 aliphatic carbocycles. The number of non-ortho nitro benzene ring substituents is 1. The lowest BCUT2D eigenvalue weighted by Crippen LogP contribution is -2.01. The smallest absolute Gasteiger partial charge is 0.270 e. The lowest BCUT2D eigenvalue weighted by atomic mass is 10.1. The zero-order valence-corrected chi connectivity index (χ0v) is 13.5. The van der Waals surface area contributed by atoms with E-state index in [9.17, 15) is 10.1 Å². The maximum atomic E-state index is 10.9. The van der Waals surface area contributed by atoms with E-state index in [1.165, 1.54) is 12.1 Å². The number of nitrogens with zero attached hydrogens (tertiary/aromatic N) is 3. The first-order valence-electron chi connectivity index (χ1n) is 7.14. The van der Waals surface area contributed by atoms with Crippen LogP contribution in [0.2, 0.25) is 5.02 Å². The molecular weight excluding hydrogens is 328 g/mol. The van der Waals surface area contributed by atoms with Gasteiger partial charge in [0.05, 0.1) is 21.8 Å². The molecule has 120 valence electrons. The fourth-order valence-corrected chi connectivity index (χ4v) is 2.44. The summed E-state index contributed by atoms with van der Waals surface area (Å²) < 4.78 is 0. The summed E-state index contributed by atoms with van der Waals surface area (Å²) >= 11 is 5.98. The van der Waals surface area contributed by atoms with Gasteiger partial charge in [-0.25, -0.2) is 0 Å². The molecule has 0 saturated heterocycles. The van der Waals surface area contributed by atoms with Crippen molar-refractivity contribution in [3.05, 3.63) is 75.4 Å². The molecule has 0 aliphatic heterocycles. The maximum Gasteiger partial charge on any atom is 0.270 e. The van der Waals surface area contributed by atoms with E-state index >= 15 is 0 Å². The Balaban J connectivity index is 1.90. The molecule has 0 spiro atoms. The molecule has 2 aromatic carbocycles. The molecule has 0 fully saturated rings. The van der Waals surface area contributed by atoms with Crippen LogP contribution in [-0.2, 0) is 0 Å². The number of nitrogens with one attached hydrogen (secondary N) is 1. The lowest BCUT2D eigenvalue weighted by molar-refractivity contribution is -0.384. The second kappa shape index (κ2) is 6.64. The van der Waals surface area contributed by atoms with Gasteiger partial charge in [0, 0.05) is 34.3 Å². The molecular formula is C17H13ClN4O2. The van der Waals surface area contributed by atoms with Gasteiger partial charge in [-0.3, -0.25) is 20.5 Å². The fourth-order valence-electron chi connectivity index (χ4n) is 2.27. The number of fused-ring (bicyclic) bond motifs is 1. The molecule has 0 bridgehead atoms. The number of nitro groups is 1. The van der Waals surface area contributed by atoms with Crippen LogP contribution in [0.5, 0.6) is 0 Å². The molecule has 0 unspecified atom stereocenters. The number of rotatable bonds is 4. The number of pyridine rings is 1. The largest absolute Gasteiger partial charge is 0.277 e. The fraction of sp³-hybridized carbons (Fsp3) is 0.0588. The van der Waals surface area contributed by atoms with Crippen molar-refractivity contribution in [1.82, 2.24) is 4.98 Å². The highest BCUT2D eigenvalue weighted by atomic mass is 35.5. The van der Waals surface area contributed by atoms with E-state index in [2.05, 4.69) is 15.5 Å². The van der Waals surface area contributed by atoms with Crippen molar-refractivity contribution in [3.63, 3.8) is 0 Å². The first kappa shape index (κ1) is 15.9. The average molecular weight is 341 g/mol. The molecule has 0 radical (unpaired) electrons. The zero-order chi connectivity index (χ0) is 17.1. The summed E-state index contributed by atoms with van der Waals surface area (Å²) in [6, 6.07) is 13.6. The van der Waals surface area contributed by atoms with E-state index in [-0.39, 0.29) is 5.69 Å². The molecule has 0 atom stereocenters. The van der Waals surface area contributed by atoms with E-state index in [1.54, 1.807) is 43.5 Å². The van der Waals surface area contributed by atoms with Gasteiger partial charge in [-0.2, -0.15) is 5.10 Å². The number of anilines is 1. The third-order valence-electron chi connectivity index (χ3n) is 3.52. The summed E-state index contributed by atoms with van der Waals surface area (Å²) in [6.45, 7) is 1.78. The summed E-state index contributed by atoms with van der Waals surface area (Å²) in [5.74, 6) is 0. The van der Waals surface area contributed by atoms with Crippen molar-refractivity contribution in [1.29, 1.82) is 0 Å². The molecule has 0 saturated carbocycles. The first-order valence-corrected chi connectivity index (χ1v) is 7.52. The predicted octanol–water partition coefficient (Wildman–Crippen LogP) is 4.63. The van der Waals surface area contributed by atoms with Crippen molar-refractivity contribution in [2.45, 2.75) is 6.92 Å². The van der Waals surface area contributed by atoms with Gasteiger partial charge in [0.2, 0.25) is 0 Å². The molecule has 0 amide bonds. The summed E-state index contributed by atoms with van der Waals surface area (Å²) in [4.78, 5) is 14.7. The van der Waals surface area contributed by atoms with E-state index in [4.69, 9.17) is 11.6 Å². The Kier molecular flexibility index (Phi) is 4.39. The Morgan fingerprint density at radius 3 is 2.88 bits per heavy atom. The SMILES string of the molecule is CC(=NNc1ccnc2cc(Cl)ccc12)c1cccc([N+](=O)[O-])c1. The van der Waals surface area contributed by atoms with Gasteiger partial charge in [-0.1, -0.05) is 23.7 Å². The van der Waals surface area contributed by atoms with Crippen LogP contribution in [0.4, 0.5) is 11.4 Å². The Labute approximate surface area is 142 Å². The number of hydrogen-bond donors (Lipinski definition) is 1. The van der Waals surface area contributed by atoms with Gasteiger partial charge in [-0.15, -0.1) is 0 Å². The van der Waals surface area contributed by atoms with Crippen LogP contribution in [0.25, 0.3) is 10.9 Å². The van der Waals surface area contributed by atoms with Crippen LogP contribution >= 0.6 is 11.6 Å². The Morgan fingerprint density at radius 2 is 2.08 bits per heavy atom. The third-order valence-corrected chi connectivity index (χ3v) is 3.76. The normalized spacial score (nSPS) is 11.5. The second-order valence-electron chi connectivity index (χ2n) is 5.14. The van der Waals surface area contributed by atoms with Crippen LogP contribution in [0.3, 0.4) is 0 Å². The molecule has 3 rings (SSSR count). The molecule has 6 nitrogen and oxygen atoms in total. The standard InChI is InChI=1S/C17H13ClN4O2/c1-11(12-3-2-4-14(9-12)22(23)24)20-21-16-7-8-19-17-10-13(18)5-6-15(16)17/h2-10H,1H3,(H,19,21). The molecule has 7 heteroatoms. The zero-order valence-electron chi connectivity index (χ0n) is 12.7. The quantitative estimate of drug-likeness (QED) is 0.426. The predicted molar refractivity (Wildman–Crippen MR) is 95.7 cm³/mol. The van der Waals surface area contributed by atoms with Crippen molar-refractivity contribution in [2.75, 3.05) is 5.43 Å². The highest BCUT2D eigenvalue weighted by Gasteiger charge is 2.08. The highest BCUT2D eigenvalue weighted by molar-refractivity contribution is 6.31. The monoisotopic (exact) mass is 340 g/mol. The number of aromatic nitrogens is 1. The maximum absolute atomic E-state index is 10.9. The number of nitro benzene ring substituents is 1. The minimum atomic E-state index is -0.426. The van der Waals surface area contributed by atoms with Crippen molar-refractivity contribution in [2.24, 2.45) is 5.10 Å². The third kappa shape index (κ3) is 3.33. The molecule has 1 aromatic heterocycles. The van der Waals surface area contributed by atoms with Crippen molar-refractivity contribution < 1.29 is 4.92 Å². The van der Waals surface area contributed by atoms with Crippen LogP contribution in [0, 0.1) is 10.1 Å². The van der Waals surface area contributed by atoms with E-state index < -0.39 is 4.92 Å². The minimum Gasteiger partial charge on any atom is -0.277 e. The van der Waals surface area contributed by atoms with Gasteiger partial charge in [0.25, 0.3) is 5.69 Å². The topological polar surface area (TPSA) is 80.4 Å². The number of halogens is 1. The Hall–Kier alpha value is -2.99. The van der Waals surface area contributed by atoms with Gasteiger partial charge >= 0.3 is 0 Å². The van der Waals surface area contributed by atoms with Gasteiger partial charge in [-0.05, 0) is 31.2 Å². The molecule has 24 heavy (non-hydrogen) atoms. The Bertz CT molecular complexity index is 956. The van der Waals surface area contributed by atoms with Crippen LogP contribution in [0.15, 0.2) is 59.8 Å². The van der Waals surface area contributed by atoms with Gasteiger partial charge in [0.15, 0.2) is 0 Å². The summed E-state index contributed by atoms with van der Waals surface area (Å²) in [7, 11) is 0. The number of hydrogen-bond acceptors (Lipinski definition) is 5. The minimum absolute atomic E-state index is 0.0334. The second-order valence-corrected chi connectivity index (χ2v) is 5.57. The summed E-state index contributed by atoms with van der Waals surface area (Å²) in [5, 5.41) is 16.7. The molecule has 0 aliphatic rings. The van der Waals surface area contributed by atoms with Crippen molar-refractivity contribution >= 4 is 39.6 Å². The molecule has 1 heterocycles. The van der Waals surface area contributed by atoms with Crippen LogP contribution in [0.1, 0.15) is 12.5 Å². The van der Waals surface area contributed by atoms with Crippen LogP contribution in [-0.4, -0.2) is 15.6 Å². The van der Waals surface area contributed by atoms with Gasteiger partial charge in [0.1, 0.15) is 0 Å². The number of hydrazone groups is 1. The molecule has 1 N–H and O–H groups in total.